The van der Waals surface area contributed by atoms with Crippen LogP contribution < -0.4 is 10.3 Å². The van der Waals surface area contributed by atoms with Crippen molar-refractivity contribution in [3.05, 3.63) is 159 Å². The maximum absolute atomic E-state index is 15.3. The first-order valence-electron chi connectivity index (χ1n) is 18.8. The van der Waals surface area contributed by atoms with Crippen molar-refractivity contribution < 1.29 is 46.7 Å². The van der Waals surface area contributed by atoms with E-state index in [1.54, 1.807) is 72.8 Å². The number of aromatic nitrogens is 1. The highest BCUT2D eigenvalue weighted by Gasteiger charge is 2.71. The molecule has 3 fully saturated rings. The zero-order chi connectivity index (χ0) is 42.2. The number of pyridine rings is 1. The molecular weight excluding hydrogens is 824 g/mol. The Morgan fingerprint density at radius 1 is 0.883 bits per heavy atom. The van der Waals surface area contributed by atoms with Crippen LogP contribution in [0.1, 0.15) is 57.3 Å². The van der Waals surface area contributed by atoms with E-state index in [-0.39, 0.29) is 35.8 Å². The van der Waals surface area contributed by atoms with Crippen molar-refractivity contribution in [2.75, 3.05) is 10.3 Å². The van der Waals surface area contributed by atoms with Crippen molar-refractivity contribution in [1.29, 1.82) is 0 Å². The number of allylic oxidation sites excluding steroid dienone is 2. The van der Waals surface area contributed by atoms with Crippen LogP contribution >= 0.6 is 23.2 Å². The van der Waals surface area contributed by atoms with E-state index in [4.69, 9.17) is 27.6 Å². The van der Waals surface area contributed by atoms with Gasteiger partial charge in [0.05, 0.1) is 39.9 Å². The average molecular weight is 856 g/mol. The van der Waals surface area contributed by atoms with Gasteiger partial charge in [-0.3, -0.25) is 34.3 Å². The van der Waals surface area contributed by atoms with E-state index in [2.05, 4.69) is 10.4 Å². The summed E-state index contributed by atoms with van der Waals surface area (Å²) in [5.41, 5.74) is 1.63. The Morgan fingerprint density at radius 2 is 1.58 bits per heavy atom. The number of nitrogens with one attached hydrogen (secondary N) is 1. The molecule has 2 N–H and O–H groups in total. The topological polar surface area (TPSA) is 150 Å². The fourth-order valence-corrected chi connectivity index (χ4v) is 9.83. The van der Waals surface area contributed by atoms with Gasteiger partial charge in [0.2, 0.25) is 11.8 Å². The molecule has 3 aromatic carbocycles. The third-order valence-corrected chi connectivity index (χ3v) is 12.6. The van der Waals surface area contributed by atoms with Crippen molar-refractivity contribution in [3.8, 4) is 0 Å². The number of hydrogen-bond acceptors (Lipinski definition) is 9. The number of benzene rings is 3. The quantitative estimate of drug-likeness (QED) is 0.0902. The fraction of sp³-hybridized carbons (Fsp3) is 0.227. The van der Waals surface area contributed by atoms with E-state index in [0.717, 1.165) is 4.90 Å². The predicted octanol–water partition coefficient (Wildman–Crippen LogP) is 7.91. The Bertz CT molecular complexity index is 2630. The number of amides is 4. The second-order valence-corrected chi connectivity index (χ2v) is 16.0. The minimum Gasteiger partial charge on any atom is -0.463 e. The molecule has 4 amide bonds. The molecule has 0 radical (unpaired) electrons. The number of hydrazine groups is 1. The van der Waals surface area contributed by atoms with Crippen molar-refractivity contribution >= 4 is 64.1 Å². The van der Waals surface area contributed by atoms with Gasteiger partial charge in [0.1, 0.15) is 23.5 Å². The second-order valence-electron chi connectivity index (χ2n) is 15.1. The molecule has 304 valence electrons. The molecule has 6 atom stereocenters. The Kier molecular flexibility index (Phi) is 9.56. The van der Waals surface area contributed by atoms with Crippen LogP contribution in [0.3, 0.4) is 0 Å². The highest BCUT2D eigenvalue weighted by atomic mass is 35.5. The van der Waals surface area contributed by atoms with Crippen LogP contribution in [-0.2, 0) is 37.4 Å². The zero-order valence-corrected chi connectivity index (χ0v) is 32.5. The maximum atomic E-state index is 15.3. The summed E-state index contributed by atoms with van der Waals surface area (Å²) in [6.45, 7) is -0.492. The first-order valence-corrected chi connectivity index (χ1v) is 19.6. The molecule has 4 aliphatic rings. The molecule has 9 rings (SSSR count). The summed E-state index contributed by atoms with van der Waals surface area (Å²) in [6.07, 6.45) is -2.44. The largest absolute Gasteiger partial charge is 0.463 e. The summed E-state index contributed by atoms with van der Waals surface area (Å²) in [5, 5.41) is 10.6. The first kappa shape index (κ1) is 39.4. The standard InChI is InChI=1S/C44H31Cl2F3N4O7/c45-26-10-8-24(9-11-26)43-32(40(57)53(42(43)59)51-38-33(46)18-25(20-50-38)44(47,48)49)19-31-29(36(43)34-17-14-28(21-54)60-34)15-16-30-35(31)41(58)52(39(30)56)27-12-6-23(7-13-27)37(55)22-4-2-1-3-5-22/h1-15,17-18,20,30-32,35-36,54H,16,19,21H2,(H,50,51)/t30-,31+,32-,35-,36+,43+/m0/s1. The Hall–Kier alpha value is -6.09. The smallest absolute Gasteiger partial charge is 0.417 e. The molecule has 1 saturated carbocycles. The minimum atomic E-state index is -4.77. The third kappa shape index (κ3) is 6.07. The maximum Gasteiger partial charge on any atom is 0.417 e. The number of carbonyl (C=O) groups excluding carboxylic acids is 5. The molecule has 0 spiro atoms. The lowest BCUT2D eigenvalue weighted by molar-refractivity contribution is -0.139. The molecule has 2 saturated heterocycles. The number of alkyl halides is 3. The van der Waals surface area contributed by atoms with Crippen LogP contribution in [0.2, 0.25) is 10.0 Å². The van der Waals surface area contributed by atoms with Gasteiger partial charge in [-0.05, 0) is 78.9 Å². The normalized spacial score (nSPS) is 24.9. The highest BCUT2D eigenvalue weighted by Crippen LogP contribution is 2.64. The number of anilines is 2. The van der Waals surface area contributed by atoms with Crippen LogP contribution in [-0.4, -0.2) is 44.5 Å². The second kappa shape index (κ2) is 14.6. The zero-order valence-electron chi connectivity index (χ0n) is 31.0. The van der Waals surface area contributed by atoms with Crippen LogP contribution in [0.4, 0.5) is 24.7 Å². The molecule has 2 aliphatic carbocycles. The van der Waals surface area contributed by atoms with Gasteiger partial charge in [-0.1, -0.05) is 77.3 Å². The number of hydrogen-bond donors (Lipinski definition) is 2. The van der Waals surface area contributed by atoms with Gasteiger partial charge >= 0.3 is 6.18 Å². The van der Waals surface area contributed by atoms with Crippen molar-refractivity contribution in [3.63, 3.8) is 0 Å². The minimum absolute atomic E-state index is 0.1000. The molecule has 16 heteroatoms. The van der Waals surface area contributed by atoms with Gasteiger partial charge in [-0.25, -0.2) is 4.98 Å². The monoisotopic (exact) mass is 854 g/mol. The number of aliphatic hydroxyl groups is 1. The third-order valence-electron chi connectivity index (χ3n) is 12.1. The van der Waals surface area contributed by atoms with Crippen molar-refractivity contribution in [2.45, 2.75) is 37.0 Å². The summed E-state index contributed by atoms with van der Waals surface area (Å²) in [7, 11) is 0. The number of nitrogens with zero attached hydrogens (tertiary/aromatic N) is 3. The van der Waals surface area contributed by atoms with Crippen LogP contribution in [0.25, 0.3) is 0 Å². The predicted molar refractivity (Wildman–Crippen MR) is 210 cm³/mol. The highest BCUT2D eigenvalue weighted by molar-refractivity contribution is 6.33. The van der Waals surface area contributed by atoms with Crippen LogP contribution in [0.15, 0.2) is 119 Å². The first-order chi connectivity index (χ1) is 28.7. The van der Waals surface area contributed by atoms with Gasteiger partial charge in [0.25, 0.3) is 11.8 Å². The number of rotatable bonds is 8. The van der Waals surface area contributed by atoms with Crippen LogP contribution in [0.5, 0.6) is 0 Å². The number of carbonyl (C=O) groups is 5. The lowest BCUT2D eigenvalue weighted by Gasteiger charge is -2.49. The molecular formula is C44H31Cl2F3N4O7. The number of fused-ring (bicyclic) bond motifs is 4. The lowest BCUT2D eigenvalue weighted by atomic mass is 9.50. The molecule has 5 aromatic rings. The average Bonchev–Trinajstić information content (AvgIpc) is 3.88. The molecule has 11 nitrogen and oxygen atoms in total. The Labute approximate surface area is 349 Å². The van der Waals surface area contributed by atoms with Gasteiger partial charge in [0.15, 0.2) is 11.6 Å². The lowest BCUT2D eigenvalue weighted by Crippen LogP contribution is -2.53. The van der Waals surface area contributed by atoms with E-state index in [1.807, 2.05) is 6.08 Å². The van der Waals surface area contributed by atoms with E-state index < -0.39 is 87.8 Å². The molecule has 4 heterocycles. The summed E-state index contributed by atoms with van der Waals surface area (Å²) in [5.74, 6) is -7.81. The van der Waals surface area contributed by atoms with Gasteiger partial charge in [-0.15, -0.1) is 0 Å². The summed E-state index contributed by atoms with van der Waals surface area (Å²) in [6, 6.07) is 24.8. The molecule has 60 heavy (non-hydrogen) atoms. The number of aliphatic hydroxyl groups excluding tert-OH is 1. The summed E-state index contributed by atoms with van der Waals surface area (Å²) in [4.78, 5) is 77.0. The number of ketones is 1. The van der Waals surface area contributed by atoms with Gasteiger partial charge in [0, 0.05) is 22.3 Å². The van der Waals surface area contributed by atoms with E-state index in [1.165, 1.54) is 18.2 Å². The van der Waals surface area contributed by atoms with Crippen molar-refractivity contribution in [1.82, 2.24) is 9.99 Å². The number of imide groups is 2. The van der Waals surface area contributed by atoms with E-state index in [9.17, 15) is 37.5 Å². The van der Waals surface area contributed by atoms with Gasteiger partial charge in [-0.2, -0.15) is 18.2 Å². The molecule has 2 aromatic heterocycles. The molecule has 0 bridgehead atoms. The molecule has 2 aliphatic heterocycles. The summed E-state index contributed by atoms with van der Waals surface area (Å²) >= 11 is 12.6. The SMILES string of the molecule is O=C(c1ccccc1)c1ccc(N2C(=O)[C@H]3[C@H](CC=C4[C@H]3C[C@H]3C(=O)N(Nc5ncc(C(F)(F)F)cc5Cl)C(=O)[C@@]3(c3ccc(Cl)cc3)[C@H]4c3ccc(CO)o3)C2=O)cc1. The summed E-state index contributed by atoms with van der Waals surface area (Å²) < 4.78 is 46.7. The van der Waals surface area contributed by atoms with E-state index in [0.29, 0.717) is 44.6 Å². The number of furan rings is 1. The Balaban J connectivity index is 1.14. The van der Waals surface area contributed by atoms with Gasteiger partial charge < -0.3 is 9.52 Å². The fourth-order valence-electron chi connectivity index (χ4n) is 9.50. The van der Waals surface area contributed by atoms with Crippen molar-refractivity contribution in [2.24, 2.45) is 23.7 Å². The van der Waals surface area contributed by atoms with Crippen LogP contribution in [0, 0.1) is 23.7 Å². The number of halogens is 5. The molecule has 0 unspecified atom stereocenters. The Morgan fingerprint density at radius 3 is 2.23 bits per heavy atom. The van der Waals surface area contributed by atoms with E-state index >= 15 is 4.79 Å².